The quantitative estimate of drug-likeness (QED) is 0.815. The smallest absolute Gasteiger partial charge is 0.176 e. The number of carbonyl (C=O) groups excluding carboxylic acids is 1. The second kappa shape index (κ2) is 4.53. The van der Waals surface area contributed by atoms with Crippen molar-refractivity contribution in [2.24, 2.45) is 0 Å². The first-order valence-electron chi connectivity index (χ1n) is 6.87. The maximum absolute atomic E-state index is 12.1. The van der Waals surface area contributed by atoms with Crippen molar-refractivity contribution in [3.8, 4) is 5.75 Å². The van der Waals surface area contributed by atoms with Gasteiger partial charge in [0, 0.05) is 11.6 Å². The number of Topliss-reactive ketones (excluding diaryl/α,β-unsaturated/α-hetero) is 1. The lowest BCUT2D eigenvalue weighted by Gasteiger charge is -2.33. The minimum absolute atomic E-state index is 0.140. The van der Waals surface area contributed by atoms with Crippen molar-refractivity contribution in [2.75, 3.05) is 18.4 Å². The molecule has 1 fully saturated rings. The first-order valence-corrected chi connectivity index (χ1v) is 6.87. The van der Waals surface area contributed by atoms with Crippen LogP contribution in [-0.4, -0.2) is 30.5 Å². The molecule has 0 spiro atoms. The molecule has 0 bridgehead atoms. The van der Waals surface area contributed by atoms with E-state index in [0.29, 0.717) is 12.6 Å². The number of ether oxygens (including phenoxy) is 1. The lowest BCUT2D eigenvalue weighted by Crippen LogP contribution is -2.40. The van der Waals surface area contributed by atoms with Crippen LogP contribution in [-0.2, 0) is 0 Å². The molecule has 2 N–H and O–H groups in total. The zero-order chi connectivity index (χ0) is 13.5. The second-order valence-corrected chi connectivity index (χ2v) is 6.00. The average molecular weight is 260 g/mol. The molecule has 2 aliphatic rings. The van der Waals surface area contributed by atoms with E-state index >= 15 is 0 Å². The van der Waals surface area contributed by atoms with E-state index in [9.17, 15) is 4.79 Å². The topological polar surface area (TPSA) is 50.4 Å². The Bertz CT molecular complexity index is 507. The van der Waals surface area contributed by atoms with E-state index < -0.39 is 0 Å². The molecule has 3 rings (SSSR count). The van der Waals surface area contributed by atoms with E-state index in [2.05, 4.69) is 10.6 Å². The third-order valence-corrected chi connectivity index (χ3v) is 3.52. The van der Waals surface area contributed by atoms with E-state index in [1.165, 1.54) is 12.8 Å². The fourth-order valence-electron chi connectivity index (χ4n) is 2.20. The molecule has 1 aliphatic carbocycles. The summed E-state index contributed by atoms with van der Waals surface area (Å²) in [5.74, 6) is 0.962. The Morgan fingerprint density at radius 3 is 3.00 bits per heavy atom. The molecule has 0 aromatic heterocycles. The summed E-state index contributed by atoms with van der Waals surface area (Å²) in [6, 6.07) is 6.18. The number of hydrogen-bond donors (Lipinski definition) is 2. The molecule has 0 amide bonds. The van der Waals surface area contributed by atoms with Crippen LogP contribution in [0.4, 0.5) is 5.69 Å². The molecule has 0 unspecified atom stereocenters. The minimum atomic E-state index is -0.202. The highest BCUT2D eigenvalue weighted by molar-refractivity contribution is 5.98. The fourth-order valence-corrected chi connectivity index (χ4v) is 2.20. The van der Waals surface area contributed by atoms with Gasteiger partial charge < -0.3 is 15.4 Å². The van der Waals surface area contributed by atoms with Crippen LogP contribution in [0.5, 0.6) is 5.75 Å². The Hall–Kier alpha value is -1.55. The standard InChI is InChI=1S/C15H20N2O2/c1-15(2)9-17-12-7-10(3-6-14(12)19-15)13(18)8-16-11-4-5-11/h3,6-7,11,16-17H,4-5,8-9H2,1-2H3. The number of fused-ring (bicyclic) bond motifs is 1. The summed E-state index contributed by atoms with van der Waals surface area (Å²) in [4.78, 5) is 12.1. The molecule has 0 saturated heterocycles. The van der Waals surface area contributed by atoms with E-state index in [4.69, 9.17) is 4.74 Å². The van der Waals surface area contributed by atoms with E-state index in [-0.39, 0.29) is 11.4 Å². The minimum Gasteiger partial charge on any atom is -0.484 e. The Morgan fingerprint density at radius 2 is 2.26 bits per heavy atom. The van der Waals surface area contributed by atoms with Crippen LogP contribution in [0.25, 0.3) is 0 Å². The van der Waals surface area contributed by atoms with Crippen LogP contribution in [0.15, 0.2) is 18.2 Å². The monoisotopic (exact) mass is 260 g/mol. The molecule has 0 radical (unpaired) electrons. The molecule has 102 valence electrons. The summed E-state index contributed by atoms with van der Waals surface area (Å²) in [7, 11) is 0. The molecule has 0 atom stereocenters. The fraction of sp³-hybridized carbons (Fsp3) is 0.533. The maximum atomic E-state index is 12.1. The second-order valence-electron chi connectivity index (χ2n) is 6.00. The predicted octanol–water partition coefficient (Wildman–Crippen LogP) is 2.20. The van der Waals surface area contributed by atoms with Crippen molar-refractivity contribution in [1.82, 2.24) is 5.32 Å². The predicted molar refractivity (Wildman–Crippen MR) is 75.0 cm³/mol. The van der Waals surface area contributed by atoms with Crippen LogP contribution in [0, 0.1) is 0 Å². The molecule has 1 saturated carbocycles. The average Bonchev–Trinajstić information content (AvgIpc) is 3.18. The van der Waals surface area contributed by atoms with Crippen molar-refractivity contribution in [1.29, 1.82) is 0 Å². The van der Waals surface area contributed by atoms with E-state index in [1.54, 1.807) is 0 Å². The van der Waals surface area contributed by atoms with Gasteiger partial charge in [0.05, 0.1) is 18.8 Å². The highest BCUT2D eigenvalue weighted by atomic mass is 16.5. The number of hydrogen-bond acceptors (Lipinski definition) is 4. The van der Waals surface area contributed by atoms with Crippen LogP contribution in [0.2, 0.25) is 0 Å². The largest absolute Gasteiger partial charge is 0.484 e. The third kappa shape index (κ3) is 2.89. The van der Waals surface area contributed by atoms with Gasteiger partial charge in [-0.2, -0.15) is 0 Å². The molecular formula is C15H20N2O2. The molecule has 4 nitrogen and oxygen atoms in total. The summed E-state index contributed by atoms with van der Waals surface area (Å²) >= 11 is 0. The van der Waals surface area contributed by atoms with Gasteiger partial charge in [-0.1, -0.05) is 0 Å². The number of carbonyl (C=O) groups is 1. The summed E-state index contributed by atoms with van der Waals surface area (Å²) in [6.45, 7) is 5.26. The lowest BCUT2D eigenvalue weighted by molar-refractivity contribution is 0.0990. The van der Waals surface area contributed by atoms with Gasteiger partial charge in [0.25, 0.3) is 0 Å². The number of benzene rings is 1. The zero-order valence-corrected chi connectivity index (χ0v) is 11.5. The van der Waals surface area contributed by atoms with Crippen LogP contribution in [0.1, 0.15) is 37.0 Å². The molecule has 4 heteroatoms. The van der Waals surface area contributed by atoms with Gasteiger partial charge in [-0.15, -0.1) is 0 Å². The van der Waals surface area contributed by atoms with Gasteiger partial charge in [-0.05, 0) is 44.9 Å². The third-order valence-electron chi connectivity index (χ3n) is 3.52. The summed E-state index contributed by atoms with van der Waals surface area (Å²) in [5.41, 5.74) is 1.45. The highest BCUT2D eigenvalue weighted by Gasteiger charge is 2.27. The van der Waals surface area contributed by atoms with E-state index in [1.807, 2.05) is 32.0 Å². The summed E-state index contributed by atoms with van der Waals surface area (Å²) in [6.07, 6.45) is 2.39. The molecule has 1 aromatic rings. The van der Waals surface area contributed by atoms with E-state index in [0.717, 1.165) is 23.5 Å². The van der Waals surface area contributed by atoms with Crippen LogP contribution in [0.3, 0.4) is 0 Å². The van der Waals surface area contributed by atoms with Crippen molar-refractivity contribution in [3.05, 3.63) is 23.8 Å². The zero-order valence-electron chi connectivity index (χ0n) is 11.5. The van der Waals surface area contributed by atoms with Crippen molar-refractivity contribution >= 4 is 11.5 Å². The Morgan fingerprint density at radius 1 is 1.47 bits per heavy atom. The molecule has 19 heavy (non-hydrogen) atoms. The van der Waals surface area contributed by atoms with Gasteiger partial charge in [-0.3, -0.25) is 4.79 Å². The number of rotatable bonds is 4. The Labute approximate surface area is 113 Å². The van der Waals surface area contributed by atoms with Crippen molar-refractivity contribution in [2.45, 2.75) is 38.3 Å². The molecule has 1 aromatic carbocycles. The van der Waals surface area contributed by atoms with Gasteiger partial charge in [0.15, 0.2) is 5.78 Å². The Kier molecular flexibility index (Phi) is 2.97. The van der Waals surface area contributed by atoms with Crippen molar-refractivity contribution < 1.29 is 9.53 Å². The number of nitrogens with one attached hydrogen (secondary N) is 2. The first-order chi connectivity index (χ1) is 9.03. The van der Waals surface area contributed by atoms with Gasteiger partial charge in [0.2, 0.25) is 0 Å². The van der Waals surface area contributed by atoms with Gasteiger partial charge >= 0.3 is 0 Å². The normalized spacial score (nSPS) is 20.1. The summed E-state index contributed by atoms with van der Waals surface area (Å²) < 4.78 is 5.87. The highest BCUT2D eigenvalue weighted by Crippen LogP contribution is 2.33. The molecule has 1 aliphatic heterocycles. The summed E-state index contributed by atoms with van der Waals surface area (Å²) in [5, 5.41) is 6.57. The maximum Gasteiger partial charge on any atom is 0.176 e. The number of anilines is 1. The Balaban J connectivity index is 1.72. The van der Waals surface area contributed by atoms with Crippen LogP contribution < -0.4 is 15.4 Å². The lowest BCUT2D eigenvalue weighted by atomic mass is 10.0. The molecular weight excluding hydrogens is 240 g/mol. The molecule has 1 heterocycles. The van der Waals surface area contributed by atoms with Crippen LogP contribution >= 0.6 is 0 Å². The first kappa shape index (κ1) is 12.5. The number of ketones is 1. The van der Waals surface area contributed by atoms with Crippen molar-refractivity contribution in [3.63, 3.8) is 0 Å². The van der Waals surface area contributed by atoms with Gasteiger partial charge in [-0.25, -0.2) is 0 Å². The SMILES string of the molecule is CC1(C)CNc2cc(C(=O)CNC3CC3)ccc2O1. The van der Waals surface area contributed by atoms with Gasteiger partial charge in [0.1, 0.15) is 11.4 Å².